The molecule has 32 heavy (non-hydrogen) atoms. The minimum Gasteiger partial charge on any atom is -0.550 e. The molecule has 0 atom stereocenters. The molecule has 0 saturated heterocycles. The SMILES string of the molecule is CCCCCCCCCCCCCCCCCCCCCCCC=C(O)CCC(=O)[O-].[Na+]. The molecule has 0 aromatic carbocycles. The van der Waals surface area contributed by atoms with Gasteiger partial charge in [0.25, 0.3) is 0 Å². The summed E-state index contributed by atoms with van der Waals surface area (Å²) < 4.78 is 0. The quantitative estimate of drug-likeness (QED) is 0.110. The number of carbonyl (C=O) groups excluding carboxylic acids is 1. The first-order valence-electron chi connectivity index (χ1n) is 13.7. The number of hydrogen-bond acceptors (Lipinski definition) is 3. The Balaban J connectivity index is 0. The smallest absolute Gasteiger partial charge is 0.550 e. The maximum Gasteiger partial charge on any atom is 1.00 e. The standard InChI is InChI=1S/C28H54O3.Na/c1-2-3-4-5-6-7-8-9-10-11-12-13-14-15-16-17-18-19-20-21-22-23-24-27(29)25-26-28(30)31;/h24,29H,2-23,25-26H2,1H3,(H,30,31);/q;+1/p-1. The zero-order chi connectivity index (χ0) is 22.8. The summed E-state index contributed by atoms with van der Waals surface area (Å²) in [5, 5.41) is 19.9. The monoisotopic (exact) mass is 460 g/mol. The number of rotatable bonds is 25. The van der Waals surface area contributed by atoms with Crippen molar-refractivity contribution >= 4 is 5.97 Å². The summed E-state index contributed by atoms with van der Waals surface area (Å²) in [5.74, 6) is -0.911. The van der Waals surface area contributed by atoms with Crippen LogP contribution in [0.25, 0.3) is 0 Å². The molecule has 0 amide bonds. The van der Waals surface area contributed by atoms with Crippen LogP contribution in [0, 0.1) is 0 Å². The van der Waals surface area contributed by atoms with Crippen molar-refractivity contribution in [2.75, 3.05) is 0 Å². The van der Waals surface area contributed by atoms with Gasteiger partial charge < -0.3 is 15.0 Å². The first-order valence-corrected chi connectivity index (χ1v) is 13.7. The van der Waals surface area contributed by atoms with E-state index in [0.29, 0.717) is 0 Å². The van der Waals surface area contributed by atoms with Crippen molar-refractivity contribution in [2.45, 2.75) is 161 Å². The van der Waals surface area contributed by atoms with Gasteiger partial charge in [-0.2, -0.15) is 0 Å². The topological polar surface area (TPSA) is 60.4 Å². The number of carboxylic acids is 1. The first kappa shape index (κ1) is 34.2. The zero-order valence-corrected chi connectivity index (χ0v) is 23.8. The summed E-state index contributed by atoms with van der Waals surface area (Å²) in [4.78, 5) is 10.3. The van der Waals surface area contributed by atoms with Crippen molar-refractivity contribution in [3.8, 4) is 0 Å². The average Bonchev–Trinajstić information content (AvgIpc) is 2.75. The van der Waals surface area contributed by atoms with Gasteiger partial charge in [-0.15, -0.1) is 0 Å². The molecular weight excluding hydrogens is 407 g/mol. The Labute approximate surface area is 222 Å². The summed E-state index contributed by atoms with van der Waals surface area (Å²) in [5.41, 5.74) is 0. The summed E-state index contributed by atoms with van der Waals surface area (Å²) in [6.45, 7) is 2.29. The normalized spacial score (nSPS) is 11.5. The Morgan fingerprint density at radius 1 is 0.594 bits per heavy atom. The molecule has 0 fully saturated rings. The molecule has 0 aromatic heterocycles. The largest absolute Gasteiger partial charge is 1.00 e. The second-order valence-electron chi connectivity index (χ2n) is 9.43. The third-order valence-corrected chi connectivity index (χ3v) is 6.27. The Morgan fingerprint density at radius 3 is 1.22 bits per heavy atom. The van der Waals surface area contributed by atoms with Gasteiger partial charge in [0.1, 0.15) is 0 Å². The minimum absolute atomic E-state index is 0. The summed E-state index contributed by atoms with van der Waals surface area (Å²) >= 11 is 0. The molecule has 0 saturated carbocycles. The van der Waals surface area contributed by atoms with Gasteiger partial charge in [0.15, 0.2) is 0 Å². The molecule has 3 nitrogen and oxygen atoms in total. The van der Waals surface area contributed by atoms with Gasteiger partial charge in [-0.1, -0.05) is 135 Å². The van der Waals surface area contributed by atoms with Gasteiger partial charge >= 0.3 is 29.6 Å². The summed E-state index contributed by atoms with van der Waals surface area (Å²) in [7, 11) is 0. The maximum atomic E-state index is 10.3. The molecule has 0 spiro atoms. The van der Waals surface area contributed by atoms with Gasteiger partial charge in [-0.25, -0.2) is 0 Å². The Hall–Kier alpha value is 0.0100. The van der Waals surface area contributed by atoms with Crippen LogP contribution in [-0.4, -0.2) is 11.1 Å². The fraction of sp³-hybridized carbons (Fsp3) is 0.893. The van der Waals surface area contributed by atoms with E-state index < -0.39 is 5.97 Å². The van der Waals surface area contributed by atoms with E-state index in [1.54, 1.807) is 6.08 Å². The number of hydrogen-bond donors (Lipinski definition) is 1. The zero-order valence-electron chi connectivity index (χ0n) is 21.8. The molecule has 0 heterocycles. The van der Waals surface area contributed by atoms with Gasteiger partial charge in [-0.3, -0.25) is 0 Å². The molecule has 184 valence electrons. The molecule has 4 heteroatoms. The fourth-order valence-corrected chi connectivity index (χ4v) is 4.18. The molecule has 1 N–H and O–H groups in total. The van der Waals surface area contributed by atoms with Crippen LogP contribution >= 0.6 is 0 Å². The van der Waals surface area contributed by atoms with Gasteiger partial charge in [-0.05, 0) is 25.3 Å². The van der Waals surface area contributed by atoms with Crippen LogP contribution in [0.1, 0.15) is 161 Å². The van der Waals surface area contributed by atoms with Crippen molar-refractivity contribution in [3.05, 3.63) is 11.8 Å². The van der Waals surface area contributed by atoms with E-state index in [0.717, 1.165) is 12.8 Å². The second-order valence-corrected chi connectivity index (χ2v) is 9.43. The molecule has 0 aliphatic carbocycles. The fourth-order valence-electron chi connectivity index (χ4n) is 4.18. The summed E-state index contributed by atoms with van der Waals surface area (Å²) in [6, 6.07) is 0. The Kier molecular flexibility index (Phi) is 31.0. The molecule has 0 aliphatic rings. The molecule has 0 aromatic rings. The van der Waals surface area contributed by atoms with Crippen LogP contribution in [-0.2, 0) is 4.79 Å². The van der Waals surface area contributed by atoms with Crippen molar-refractivity contribution in [3.63, 3.8) is 0 Å². The van der Waals surface area contributed by atoms with Crippen LogP contribution in [0.3, 0.4) is 0 Å². The molecule has 0 radical (unpaired) electrons. The van der Waals surface area contributed by atoms with E-state index in [1.807, 2.05) is 0 Å². The van der Waals surface area contributed by atoms with Crippen LogP contribution in [0.2, 0.25) is 0 Å². The molecular formula is C28H53NaO3. The minimum atomic E-state index is -1.10. The van der Waals surface area contributed by atoms with Crippen LogP contribution in [0.15, 0.2) is 11.8 Å². The average molecular weight is 461 g/mol. The van der Waals surface area contributed by atoms with Crippen LogP contribution < -0.4 is 34.7 Å². The van der Waals surface area contributed by atoms with Crippen molar-refractivity contribution in [1.29, 1.82) is 0 Å². The number of aliphatic hydroxyl groups excluding tert-OH is 1. The first-order chi connectivity index (χ1) is 15.2. The maximum absolute atomic E-state index is 10.3. The van der Waals surface area contributed by atoms with E-state index >= 15 is 0 Å². The number of aliphatic carboxylic acids is 1. The summed E-state index contributed by atoms with van der Waals surface area (Å²) in [6.07, 6.45) is 31.8. The van der Waals surface area contributed by atoms with Gasteiger partial charge in [0, 0.05) is 12.4 Å². The Bertz CT molecular complexity index is 409. The van der Waals surface area contributed by atoms with Crippen molar-refractivity contribution < 1.29 is 44.6 Å². The molecule has 0 aliphatic heterocycles. The number of carboxylic acid groups (broad SMARTS) is 1. The van der Waals surface area contributed by atoms with E-state index in [2.05, 4.69) is 6.92 Å². The van der Waals surface area contributed by atoms with Crippen molar-refractivity contribution in [1.82, 2.24) is 0 Å². The number of aliphatic hydroxyl groups is 1. The van der Waals surface area contributed by atoms with Gasteiger partial charge in [0.2, 0.25) is 0 Å². The number of unbranched alkanes of at least 4 members (excludes halogenated alkanes) is 21. The molecule has 0 unspecified atom stereocenters. The molecule has 0 bridgehead atoms. The van der Waals surface area contributed by atoms with E-state index in [1.165, 1.54) is 128 Å². The van der Waals surface area contributed by atoms with E-state index in [4.69, 9.17) is 0 Å². The number of carbonyl (C=O) groups is 1. The van der Waals surface area contributed by atoms with Gasteiger partial charge in [0.05, 0.1) is 5.76 Å². The molecule has 0 rings (SSSR count). The van der Waals surface area contributed by atoms with Crippen LogP contribution in [0.5, 0.6) is 0 Å². The predicted octanol–water partition coefficient (Wildman–Crippen LogP) is 5.56. The second kappa shape index (κ2) is 29.0. The third-order valence-electron chi connectivity index (χ3n) is 6.27. The van der Waals surface area contributed by atoms with Crippen LogP contribution in [0.4, 0.5) is 0 Å². The number of allylic oxidation sites excluding steroid dienone is 2. The van der Waals surface area contributed by atoms with Crippen molar-refractivity contribution in [2.24, 2.45) is 0 Å². The third kappa shape index (κ3) is 30.0. The van der Waals surface area contributed by atoms with E-state index in [9.17, 15) is 15.0 Å². The van der Waals surface area contributed by atoms with E-state index in [-0.39, 0.29) is 48.2 Å². The Morgan fingerprint density at radius 2 is 0.906 bits per heavy atom. The predicted molar refractivity (Wildman–Crippen MR) is 132 cm³/mol.